The van der Waals surface area contributed by atoms with E-state index in [4.69, 9.17) is 4.74 Å². The van der Waals surface area contributed by atoms with E-state index in [2.05, 4.69) is 10.6 Å². The van der Waals surface area contributed by atoms with Crippen LogP contribution in [0.1, 0.15) is 71.2 Å². The van der Waals surface area contributed by atoms with Gasteiger partial charge in [-0.25, -0.2) is 4.79 Å². The van der Waals surface area contributed by atoms with Crippen LogP contribution in [0.15, 0.2) is 18.2 Å². The molecule has 1 rings (SSSR count). The molecule has 3 amide bonds. The normalized spacial score (nSPS) is 13.7. The van der Waals surface area contributed by atoms with E-state index < -0.39 is 41.8 Å². The number of aliphatic hydroxyl groups is 1. The van der Waals surface area contributed by atoms with Gasteiger partial charge in [-0.05, 0) is 79.0 Å². The zero-order valence-electron chi connectivity index (χ0n) is 20.8. The van der Waals surface area contributed by atoms with Crippen molar-refractivity contribution >= 4 is 17.9 Å². The highest BCUT2D eigenvalue weighted by molar-refractivity contribution is 5.92. The molecule has 0 spiro atoms. The Morgan fingerprint density at radius 3 is 2.00 bits per heavy atom. The Morgan fingerprint density at radius 1 is 1.06 bits per heavy atom. The third-order valence-electron chi connectivity index (χ3n) is 4.67. The van der Waals surface area contributed by atoms with E-state index in [0.29, 0.717) is 0 Å². The number of carbonyl (C=O) groups excluding carboxylic acids is 3. The van der Waals surface area contributed by atoms with Crippen molar-refractivity contribution in [2.24, 2.45) is 0 Å². The predicted molar refractivity (Wildman–Crippen MR) is 124 cm³/mol. The molecule has 0 bridgehead atoms. The third kappa shape index (κ3) is 7.82. The van der Waals surface area contributed by atoms with E-state index in [1.807, 2.05) is 52.8 Å². The van der Waals surface area contributed by atoms with Crippen molar-refractivity contribution in [2.75, 3.05) is 13.2 Å². The summed E-state index contributed by atoms with van der Waals surface area (Å²) in [7, 11) is 0. The summed E-state index contributed by atoms with van der Waals surface area (Å²) in [6.45, 7) is 15.8. The second-order valence-electron chi connectivity index (χ2n) is 9.95. The van der Waals surface area contributed by atoms with Gasteiger partial charge in [-0.2, -0.15) is 0 Å². The summed E-state index contributed by atoms with van der Waals surface area (Å²) in [5.41, 5.74) is 1.18. The molecule has 180 valence electrons. The molecular weight excluding hydrogens is 410 g/mol. The van der Waals surface area contributed by atoms with Crippen LogP contribution in [-0.2, 0) is 14.3 Å². The molecule has 2 atom stereocenters. The molecule has 8 heteroatoms. The van der Waals surface area contributed by atoms with Crippen LogP contribution in [0, 0.1) is 13.8 Å². The van der Waals surface area contributed by atoms with Crippen LogP contribution in [0.4, 0.5) is 4.79 Å². The number of benzene rings is 1. The van der Waals surface area contributed by atoms with Gasteiger partial charge in [-0.1, -0.05) is 18.2 Å². The topological polar surface area (TPSA) is 108 Å². The van der Waals surface area contributed by atoms with E-state index in [1.54, 1.807) is 27.7 Å². The highest BCUT2D eigenvalue weighted by atomic mass is 16.6. The van der Waals surface area contributed by atoms with Crippen molar-refractivity contribution in [3.05, 3.63) is 34.9 Å². The number of amides is 3. The molecule has 3 N–H and O–H groups in total. The molecule has 8 nitrogen and oxygen atoms in total. The summed E-state index contributed by atoms with van der Waals surface area (Å²) >= 11 is 0. The number of hydrogen-bond donors (Lipinski definition) is 3. The van der Waals surface area contributed by atoms with Gasteiger partial charge >= 0.3 is 6.09 Å². The highest BCUT2D eigenvalue weighted by Crippen LogP contribution is 2.29. The summed E-state index contributed by atoms with van der Waals surface area (Å²) in [6.07, 6.45) is -0.816. The van der Waals surface area contributed by atoms with Gasteiger partial charge < -0.3 is 25.4 Å². The number of carbonyl (C=O) groups is 3. The molecule has 0 saturated heterocycles. The third-order valence-corrected chi connectivity index (χ3v) is 4.67. The van der Waals surface area contributed by atoms with Crippen molar-refractivity contribution < 1.29 is 24.2 Å². The summed E-state index contributed by atoms with van der Waals surface area (Å²) < 4.78 is 5.22. The lowest BCUT2D eigenvalue weighted by molar-refractivity contribution is -0.143. The number of nitrogens with one attached hydrogen (secondary N) is 2. The van der Waals surface area contributed by atoms with Crippen molar-refractivity contribution in [3.63, 3.8) is 0 Å². The van der Waals surface area contributed by atoms with Crippen molar-refractivity contribution in [1.82, 2.24) is 15.5 Å². The second kappa shape index (κ2) is 10.8. The average molecular weight is 450 g/mol. The van der Waals surface area contributed by atoms with Gasteiger partial charge in [0.15, 0.2) is 0 Å². The molecule has 0 aliphatic heterocycles. The minimum Gasteiger partial charge on any atom is -0.444 e. The first kappa shape index (κ1) is 27.4. The monoisotopic (exact) mass is 449 g/mol. The smallest absolute Gasteiger partial charge is 0.408 e. The fourth-order valence-corrected chi connectivity index (χ4v) is 3.43. The van der Waals surface area contributed by atoms with Gasteiger partial charge in [0.2, 0.25) is 11.8 Å². The zero-order chi connectivity index (χ0) is 24.9. The number of ether oxygens (including phenoxy) is 1. The Balaban J connectivity index is 3.40. The summed E-state index contributed by atoms with van der Waals surface area (Å²) in [5, 5.41) is 15.2. The first-order valence-corrected chi connectivity index (χ1v) is 10.9. The fraction of sp³-hybridized carbons (Fsp3) is 0.625. The van der Waals surface area contributed by atoms with Crippen LogP contribution in [-0.4, -0.2) is 58.2 Å². The molecule has 0 saturated carbocycles. The number of hydrogen-bond acceptors (Lipinski definition) is 5. The molecule has 32 heavy (non-hydrogen) atoms. The minimum atomic E-state index is -1.25. The van der Waals surface area contributed by atoms with Gasteiger partial charge in [0, 0.05) is 12.1 Å². The van der Waals surface area contributed by atoms with E-state index >= 15 is 0 Å². The van der Waals surface area contributed by atoms with Gasteiger partial charge in [-0.3, -0.25) is 9.59 Å². The molecule has 1 aromatic rings. The maximum atomic E-state index is 13.4. The van der Waals surface area contributed by atoms with Crippen molar-refractivity contribution in [2.45, 2.75) is 85.5 Å². The fourth-order valence-electron chi connectivity index (χ4n) is 3.43. The molecule has 0 heterocycles. The van der Waals surface area contributed by atoms with Crippen molar-refractivity contribution in [1.29, 1.82) is 0 Å². The first-order chi connectivity index (χ1) is 14.6. The van der Waals surface area contributed by atoms with Crippen LogP contribution in [0.2, 0.25) is 0 Å². The molecular formula is C24H39N3O5. The molecule has 0 aromatic heterocycles. The van der Waals surface area contributed by atoms with E-state index in [9.17, 15) is 19.5 Å². The Bertz CT molecular complexity index is 804. The average Bonchev–Trinajstić information content (AvgIpc) is 2.62. The minimum absolute atomic E-state index is 0.196. The van der Waals surface area contributed by atoms with Gasteiger partial charge in [0.1, 0.15) is 17.7 Å². The molecule has 0 fully saturated rings. The number of rotatable bonds is 7. The number of nitrogens with zero attached hydrogens (tertiary/aromatic N) is 1. The Morgan fingerprint density at radius 2 is 1.59 bits per heavy atom. The van der Waals surface area contributed by atoms with Crippen LogP contribution in [0.5, 0.6) is 0 Å². The van der Waals surface area contributed by atoms with Crippen LogP contribution in [0.25, 0.3) is 0 Å². The predicted octanol–water partition coefficient (Wildman–Crippen LogP) is 2.99. The lowest BCUT2D eigenvalue weighted by atomic mass is 9.93. The van der Waals surface area contributed by atoms with E-state index in [0.717, 1.165) is 16.7 Å². The lowest BCUT2D eigenvalue weighted by Gasteiger charge is -2.36. The van der Waals surface area contributed by atoms with E-state index in [1.165, 1.54) is 4.90 Å². The second-order valence-corrected chi connectivity index (χ2v) is 9.95. The Kier molecular flexibility index (Phi) is 9.26. The lowest BCUT2D eigenvalue weighted by Crippen LogP contribution is -2.55. The van der Waals surface area contributed by atoms with Crippen molar-refractivity contribution in [3.8, 4) is 0 Å². The van der Waals surface area contributed by atoms with E-state index in [-0.39, 0.29) is 12.5 Å². The van der Waals surface area contributed by atoms with Crippen LogP contribution >= 0.6 is 0 Å². The highest BCUT2D eigenvalue weighted by Gasteiger charge is 2.37. The zero-order valence-corrected chi connectivity index (χ0v) is 20.8. The van der Waals surface area contributed by atoms with Crippen LogP contribution < -0.4 is 10.6 Å². The SMILES string of the molecule is CCN(C(=O)C(CO)NC(=O)OC(C)(C)C)C(C(=O)NC(C)(C)C)c1c(C)cccc1C. The standard InChI is InChI=1S/C24H39N3O5/c1-10-27(21(30)17(14-28)25-22(31)32-24(7,8)9)19(20(29)26-23(4,5)6)18-15(2)12-11-13-16(18)3/h11-13,17,19,28H,10,14H2,1-9H3,(H,25,31)(H,26,29). The maximum absolute atomic E-state index is 13.4. The number of alkyl carbamates (subject to hydrolysis) is 1. The van der Waals surface area contributed by atoms with Gasteiger partial charge in [-0.15, -0.1) is 0 Å². The molecule has 2 unspecified atom stereocenters. The first-order valence-electron chi connectivity index (χ1n) is 10.9. The Labute approximate surface area is 191 Å². The van der Waals surface area contributed by atoms with Gasteiger partial charge in [0.25, 0.3) is 0 Å². The number of likely N-dealkylation sites (N-methyl/N-ethyl adjacent to an activating group) is 1. The summed E-state index contributed by atoms with van der Waals surface area (Å²) in [5.74, 6) is -0.906. The number of aliphatic hydroxyl groups excluding tert-OH is 1. The quantitative estimate of drug-likeness (QED) is 0.593. The molecule has 0 radical (unpaired) electrons. The summed E-state index contributed by atoms with van der Waals surface area (Å²) in [4.78, 5) is 40.4. The van der Waals surface area contributed by atoms with Gasteiger partial charge in [0.05, 0.1) is 6.61 Å². The summed E-state index contributed by atoms with van der Waals surface area (Å²) in [6, 6.07) is 3.49. The Hall–Kier alpha value is -2.61. The molecule has 0 aliphatic rings. The maximum Gasteiger partial charge on any atom is 0.408 e. The number of aryl methyl sites for hydroxylation is 2. The molecule has 1 aromatic carbocycles. The largest absolute Gasteiger partial charge is 0.444 e. The van der Waals surface area contributed by atoms with Crippen LogP contribution in [0.3, 0.4) is 0 Å². The molecule has 0 aliphatic carbocycles.